The van der Waals surface area contributed by atoms with E-state index in [0.717, 1.165) is 55.3 Å². The molecule has 1 aliphatic rings. The third-order valence-electron chi connectivity index (χ3n) is 10.7. The number of hydrogen-bond acceptors (Lipinski definition) is 12. The topological polar surface area (TPSA) is 165 Å². The zero-order valence-electron chi connectivity index (χ0n) is 37.1. The average Bonchev–Trinajstić information content (AvgIpc) is 3.89. The van der Waals surface area contributed by atoms with Gasteiger partial charge in [0.05, 0.1) is 66.4 Å². The van der Waals surface area contributed by atoms with Gasteiger partial charge in [-0.1, -0.05) is 63.2 Å². The first-order valence-electron chi connectivity index (χ1n) is 21.4. The van der Waals surface area contributed by atoms with Gasteiger partial charge in [0, 0.05) is 63.3 Å². The molecule has 2 unspecified atom stereocenters. The van der Waals surface area contributed by atoms with E-state index in [4.69, 9.17) is 23.9 Å². The molecule has 336 valence electrons. The number of aryl methyl sites for hydroxylation is 1. The van der Waals surface area contributed by atoms with Crippen molar-refractivity contribution < 1.29 is 38.4 Å². The van der Waals surface area contributed by atoms with E-state index < -0.39 is 35.4 Å². The maximum Gasteiger partial charge on any atom is 0.246 e. The summed E-state index contributed by atoms with van der Waals surface area (Å²) >= 11 is 1.58. The number of carbonyl (C=O) groups excluding carboxylic acids is 3. The molecular weight excluding hydrogens is 821 g/mol. The first kappa shape index (κ1) is 47.0. The Kier molecular flexibility index (Phi) is 16.6. The lowest BCUT2D eigenvalue weighted by Crippen LogP contribution is -2.58. The van der Waals surface area contributed by atoms with Gasteiger partial charge in [0.15, 0.2) is 0 Å². The lowest BCUT2D eigenvalue weighted by atomic mass is 9.85. The Morgan fingerprint density at radius 2 is 1.59 bits per heavy atom. The van der Waals surface area contributed by atoms with Crippen molar-refractivity contribution in [3.8, 4) is 27.4 Å². The molecule has 0 saturated carbocycles. The summed E-state index contributed by atoms with van der Waals surface area (Å²) < 4.78 is 22.8. The molecule has 1 saturated heterocycles. The monoisotopic (exact) mass is 880 g/mol. The van der Waals surface area contributed by atoms with Crippen LogP contribution in [0.5, 0.6) is 5.75 Å². The fourth-order valence-corrected chi connectivity index (χ4v) is 8.03. The summed E-state index contributed by atoms with van der Waals surface area (Å²) in [6.07, 6.45) is -0.0438. The molecule has 0 bridgehead atoms. The van der Waals surface area contributed by atoms with Crippen molar-refractivity contribution in [2.24, 2.45) is 5.41 Å². The third-order valence-corrected chi connectivity index (χ3v) is 11.7. The molecule has 0 radical (unpaired) electrons. The number of nitrogens with one attached hydrogen (secondary N) is 2. The molecule has 14 nitrogen and oxygen atoms in total. The number of amides is 3. The van der Waals surface area contributed by atoms with E-state index in [0.29, 0.717) is 32.8 Å². The number of pyridine rings is 1. The number of anilines is 1. The van der Waals surface area contributed by atoms with Crippen LogP contribution >= 0.6 is 11.3 Å². The van der Waals surface area contributed by atoms with Crippen molar-refractivity contribution in [3.63, 3.8) is 0 Å². The molecule has 1 fully saturated rings. The largest absolute Gasteiger partial charge is 0.493 e. The van der Waals surface area contributed by atoms with Gasteiger partial charge in [-0.05, 0) is 59.9 Å². The molecule has 5 aromatic rings. The molecule has 3 N–H and O–H groups in total. The minimum absolute atomic E-state index is 0.00742. The molecular formula is C48H60N6O8S. The van der Waals surface area contributed by atoms with Gasteiger partial charge < -0.3 is 44.5 Å². The van der Waals surface area contributed by atoms with Crippen LogP contribution in [0.15, 0.2) is 84.4 Å². The number of nitrogens with zero attached hydrogens (tertiary/aromatic N) is 4. The average molecular weight is 881 g/mol. The number of thiazole rings is 1. The van der Waals surface area contributed by atoms with Crippen LogP contribution in [0.2, 0.25) is 0 Å². The highest BCUT2D eigenvalue weighted by Gasteiger charge is 2.44. The second-order valence-electron chi connectivity index (χ2n) is 16.9. The van der Waals surface area contributed by atoms with E-state index in [1.54, 1.807) is 11.3 Å². The number of aromatic nitrogens is 2. The molecule has 0 spiro atoms. The number of β-amino-alcohol motifs (C(OH)–C–C–N with tert-alkyl or cyclic N) is 1. The number of likely N-dealkylation sites (tertiary alicyclic amines) is 1. The minimum atomic E-state index is -0.952. The lowest BCUT2D eigenvalue weighted by Gasteiger charge is -2.35. The third kappa shape index (κ3) is 13.3. The van der Waals surface area contributed by atoms with Crippen LogP contribution in [0.1, 0.15) is 44.9 Å². The highest BCUT2D eigenvalue weighted by atomic mass is 32.1. The number of ether oxygens (including phenoxy) is 4. The van der Waals surface area contributed by atoms with Gasteiger partial charge in [0.2, 0.25) is 17.7 Å². The van der Waals surface area contributed by atoms with Crippen LogP contribution in [0, 0.1) is 12.3 Å². The highest BCUT2D eigenvalue weighted by molar-refractivity contribution is 7.13. The van der Waals surface area contributed by atoms with Crippen LogP contribution < -0.4 is 20.3 Å². The number of aliphatic hydroxyl groups is 1. The Bertz CT molecular complexity index is 2280. The number of benzene rings is 3. The van der Waals surface area contributed by atoms with Crippen molar-refractivity contribution in [1.82, 2.24) is 25.5 Å². The molecule has 15 heteroatoms. The first-order chi connectivity index (χ1) is 30.3. The SMILES string of the molecule is Cc1ncsc1-c1ccc(CNC(=O)C2CC(O)CN2C(=O)[C@@H](NC(=O)COCCOCCOCCCOc2ccc3nc(-c4ccc(N(C)C)cc4)ccc3c2)C(C)(C)C)cc1. The van der Waals surface area contributed by atoms with Gasteiger partial charge in [-0.3, -0.25) is 14.4 Å². The van der Waals surface area contributed by atoms with Crippen molar-refractivity contribution >= 4 is 45.6 Å². The molecule has 1 aliphatic heterocycles. The standard InChI is InChI=1S/C48H60N6O8S/c1-32-44(63-31-50-32)35-10-8-33(9-11-35)28-49-46(57)42-27-38(55)29-54(42)47(58)45(48(2,3)4)52-43(56)30-61-25-24-60-23-22-59-20-7-21-62-39-17-19-41-36(26-39)14-18-40(51-41)34-12-15-37(16-13-34)53(5)6/h8-19,26,31,38,42,45,55H,7,20-25,27-30H2,1-6H3,(H,49,57)(H,52,56)/t38?,42?,45-/m1/s1. The summed E-state index contributed by atoms with van der Waals surface area (Å²) in [7, 11) is 4.05. The van der Waals surface area contributed by atoms with Crippen LogP contribution in [0.25, 0.3) is 32.6 Å². The van der Waals surface area contributed by atoms with Gasteiger partial charge >= 0.3 is 0 Å². The van der Waals surface area contributed by atoms with Gasteiger partial charge in [-0.25, -0.2) is 9.97 Å². The van der Waals surface area contributed by atoms with Crippen LogP contribution in [0.3, 0.4) is 0 Å². The van der Waals surface area contributed by atoms with Gasteiger partial charge in [-0.15, -0.1) is 11.3 Å². The second-order valence-corrected chi connectivity index (χ2v) is 17.8. The number of hydrogen-bond donors (Lipinski definition) is 3. The summed E-state index contributed by atoms with van der Waals surface area (Å²) in [4.78, 5) is 53.9. The summed E-state index contributed by atoms with van der Waals surface area (Å²) in [5.41, 5.74) is 8.09. The van der Waals surface area contributed by atoms with Gasteiger partial charge in [0.25, 0.3) is 0 Å². The van der Waals surface area contributed by atoms with E-state index in [-0.39, 0.29) is 45.2 Å². The fourth-order valence-electron chi connectivity index (χ4n) is 7.22. The summed E-state index contributed by atoms with van der Waals surface area (Å²) in [6.45, 7) is 9.71. The van der Waals surface area contributed by atoms with E-state index >= 15 is 0 Å². The van der Waals surface area contributed by atoms with E-state index in [2.05, 4.69) is 50.8 Å². The minimum Gasteiger partial charge on any atom is -0.493 e. The zero-order chi connectivity index (χ0) is 44.9. The predicted octanol–water partition coefficient (Wildman–Crippen LogP) is 6.03. The fraction of sp³-hybridized carbons (Fsp3) is 0.438. The maximum atomic E-state index is 13.9. The first-order valence-corrected chi connectivity index (χ1v) is 22.2. The Morgan fingerprint density at radius 3 is 2.27 bits per heavy atom. The molecule has 6 rings (SSSR count). The van der Waals surface area contributed by atoms with E-state index in [9.17, 15) is 19.5 Å². The number of carbonyl (C=O) groups is 3. The summed E-state index contributed by atoms with van der Waals surface area (Å²) in [6, 6.07) is 24.4. The Hall–Kier alpha value is -5.45. The van der Waals surface area contributed by atoms with Gasteiger partial charge in [0.1, 0.15) is 24.4 Å². The van der Waals surface area contributed by atoms with Crippen molar-refractivity contribution in [2.75, 3.05) is 71.8 Å². The number of aliphatic hydroxyl groups excluding tert-OH is 1. The number of rotatable bonds is 21. The molecule has 3 amide bonds. The lowest BCUT2D eigenvalue weighted by molar-refractivity contribution is -0.144. The highest BCUT2D eigenvalue weighted by Crippen LogP contribution is 2.29. The number of fused-ring (bicyclic) bond motifs is 1. The van der Waals surface area contributed by atoms with Gasteiger partial charge in [-0.2, -0.15) is 0 Å². The quantitative estimate of drug-likeness (QED) is 0.0738. The molecule has 0 aliphatic carbocycles. The van der Waals surface area contributed by atoms with Crippen molar-refractivity contribution in [3.05, 3.63) is 95.6 Å². The Labute approximate surface area is 373 Å². The van der Waals surface area contributed by atoms with Crippen molar-refractivity contribution in [2.45, 2.75) is 65.3 Å². The zero-order valence-corrected chi connectivity index (χ0v) is 37.9. The molecule has 63 heavy (non-hydrogen) atoms. The van der Waals surface area contributed by atoms with E-state index in [1.165, 1.54) is 4.90 Å². The van der Waals surface area contributed by atoms with Crippen LogP contribution in [-0.2, 0) is 35.1 Å². The molecule has 3 atom stereocenters. The maximum absolute atomic E-state index is 13.9. The molecule has 3 heterocycles. The van der Waals surface area contributed by atoms with E-state index in [1.807, 2.05) is 95.8 Å². The smallest absolute Gasteiger partial charge is 0.246 e. The Morgan fingerprint density at radius 1 is 0.889 bits per heavy atom. The predicted molar refractivity (Wildman–Crippen MR) is 246 cm³/mol. The summed E-state index contributed by atoms with van der Waals surface area (Å²) in [5.74, 6) is -0.489. The normalized spacial score (nSPS) is 15.6. The summed E-state index contributed by atoms with van der Waals surface area (Å²) in [5, 5.41) is 17.3. The molecule has 2 aromatic heterocycles. The van der Waals surface area contributed by atoms with Crippen LogP contribution in [-0.4, -0.2) is 123 Å². The molecule has 3 aromatic carbocycles. The van der Waals surface area contributed by atoms with Crippen molar-refractivity contribution in [1.29, 1.82) is 0 Å². The van der Waals surface area contributed by atoms with Crippen LogP contribution in [0.4, 0.5) is 5.69 Å². The Balaban J connectivity index is 0.835. The second kappa shape index (κ2) is 22.3.